The Labute approximate surface area is 165 Å². The number of halogens is 1. The minimum Gasteiger partial charge on any atom is -0.369 e. The van der Waals surface area contributed by atoms with Crippen molar-refractivity contribution in [3.63, 3.8) is 0 Å². The molecule has 0 radical (unpaired) electrons. The number of ether oxygens (including phenoxy) is 1. The molecule has 0 unspecified atom stereocenters. The molecule has 1 saturated heterocycles. The molecule has 144 valence electrons. The lowest BCUT2D eigenvalue weighted by Gasteiger charge is -2.26. The molecule has 7 heteroatoms. The van der Waals surface area contributed by atoms with Crippen molar-refractivity contribution in [2.75, 3.05) is 19.7 Å². The molecule has 5 nitrogen and oxygen atoms in total. The largest absolute Gasteiger partial charge is 0.369 e. The number of carbonyl (C=O) groups is 1. The number of nitrogens with zero attached hydrogens (tertiary/aromatic N) is 1. The molecule has 0 saturated carbocycles. The Morgan fingerprint density at radius 3 is 2.44 bits per heavy atom. The Bertz CT molecular complexity index is 893. The van der Waals surface area contributed by atoms with Gasteiger partial charge in [-0.2, -0.15) is 4.31 Å². The van der Waals surface area contributed by atoms with Crippen molar-refractivity contribution in [1.82, 2.24) is 4.31 Å². The smallest absolute Gasteiger partial charge is 0.243 e. The van der Waals surface area contributed by atoms with E-state index < -0.39 is 10.0 Å². The number of benzene rings is 2. The lowest BCUT2D eigenvalue weighted by Crippen LogP contribution is -2.35. The van der Waals surface area contributed by atoms with Crippen molar-refractivity contribution in [2.24, 2.45) is 0 Å². The number of hydrogen-bond donors (Lipinski definition) is 0. The van der Waals surface area contributed by atoms with Gasteiger partial charge in [0.15, 0.2) is 5.78 Å². The van der Waals surface area contributed by atoms with Gasteiger partial charge in [-0.05, 0) is 36.6 Å². The first-order valence-corrected chi connectivity index (χ1v) is 10.7. The number of rotatable bonds is 7. The Hall–Kier alpha value is -1.73. The van der Waals surface area contributed by atoms with Crippen molar-refractivity contribution in [1.29, 1.82) is 0 Å². The molecule has 27 heavy (non-hydrogen) atoms. The maximum Gasteiger partial charge on any atom is 0.243 e. The second kappa shape index (κ2) is 8.97. The molecule has 2 aromatic rings. The first kappa shape index (κ1) is 20.0. The van der Waals surface area contributed by atoms with Crippen LogP contribution in [0.5, 0.6) is 0 Å². The Morgan fingerprint density at radius 1 is 1.04 bits per heavy atom. The van der Waals surface area contributed by atoms with Crippen LogP contribution in [0.15, 0.2) is 53.4 Å². The summed E-state index contributed by atoms with van der Waals surface area (Å²) in [4.78, 5) is 12.3. The molecular formula is C20H22ClNO4S. The van der Waals surface area contributed by atoms with Gasteiger partial charge in [0.1, 0.15) is 6.61 Å². The molecule has 0 aliphatic carbocycles. The van der Waals surface area contributed by atoms with Gasteiger partial charge in [0.25, 0.3) is 0 Å². The van der Waals surface area contributed by atoms with E-state index in [1.807, 2.05) is 6.07 Å². The van der Waals surface area contributed by atoms with Gasteiger partial charge in [0.2, 0.25) is 10.0 Å². The van der Waals surface area contributed by atoms with Gasteiger partial charge in [-0.1, -0.05) is 48.4 Å². The van der Waals surface area contributed by atoms with Crippen LogP contribution in [-0.2, 0) is 21.4 Å². The zero-order valence-electron chi connectivity index (χ0n) is 14.9. The van der Waals surface area contributed by atoms with Crippen LogP contribution >= 0.6 is 11.6 Å². The molecule has 0 atom stereocenters. The Kier molecular flexibility index (Phi) is 6.65. The van der Waals surface area contributed by atoms with Crippen LogP contribution in [0.3, 0.4) is 0 Å². The molecule has 0 bridgehead atoms. The fourth-order valence-corrected chi connectivity index (χ4v) is 4.78. The normalized spacial score (nSPS) is 15.6. The fourth-order valence-electron chi connectivity index (χ4n) is 3.04. The third-order valence-electron chi connectivity index (χ3n) is 4.56. The average molecular weight is 408 g/mol. The lowest BCUT2D eigenvalue weighted by molar-refractivity contribution is 0.0726. The van der Waals surface area contributed by atoms with Gasteiger partial charge in [-0.3, -0.25) is 4.79 Å². The zero-order chi connectivity index (χ0) is 19.3. The minimum atomic E-state index is -3.53. The van der Waals surface area contributed by atoms with Crippen LogP contribution < -0.4 is 0 Å². The van der Waals surface area contributed by atoms with E-state index in [4.69, 9.17) is 16.3 Å². The summed E-state index contributed by atoms with van der Waals surface area (Å²) in [5.74, 6) is -0.135. The summed E-state index contributed by atoms with van der Waals surface area (Å²) in [6.45, 7) is 1.06. The molecule has 0 amide bonds. The van der Waals surface area contributed by atoms with Gasteiger partial charge in [-0.15, -0.1) is 0 Å². The average Bonchev–Trinajstić information content (AvgIpc) is 2.70. The predicted molar refractivity (Wildman–Crippen MR) is 104 cm³/mol. The lowest BCUT2D eigenvalue weighted by atomic mass is 10.1. The number of sulfonamides is 1. The van der Waals surface area contributed by atoms with Gasteiger partial charge in [0.05, 0.1) is 11.5 Å². The van der Waals surface area contributed by atoms with E-state index in [0.29, 0.717) is 29.2 Å². The highest BCUT2D eigenvalue weighted by Gasteiger charge is 2.26. The monoisotopic (exact) mass is 407 g/mol. The molecule has 1 aliphatic heterocycles. The zero-order valence-corrected chi connectivity index (χ0v) is 16.5. The van der Waals surface area contributed by atoms with E-state index in [0.717, 1.165) is 19.3 Å². The second-order valence-corrected chi connectivity index (χ2v) is 8.85. The summed E-state index contributed by atoms with van der Waals surface area (Å²) in [6.07, 6.45) is 2.82. The summed E-state index contributed by atoms with van der Waals surface area (Å²) in [5.41, 5.74) is 1.13. The number of hydrogen-bond acceptors (Lipinski definition) is 4. The van der Waals surface area contributed by atoms with E-state index in [9.17, 15) is 13.2 Å². The highest BCUT2D eigenvalue weighted by molar-refractivity contribution is 7.89. The van der Waals surface area contributed by atoms with Crippen molar-refractivity contribution in [3.8, 4) is 0 Å². The van der Waals surface area contributed by atoms with Crippen molar-refractivity contribution in [3.05, 3.63) is 64.7 Å². The number of Topliss-reactive ketones (excluding diaryl/α,β-unsaturated/α-hetero) is 1. The summed E-state index contributed by atoms with van der Waals surface area (Å²) >= 11 is 6.19. The summed E-state index contributed by atoms with van der Waals surface area (Å²) in [6, 6.07) is 13.5. The molecule has 2 aromatic carbocycles. The van der Waals surface area contributed by atoms with Gasteiger partial charge >= 0.3 is 0 Å². The first-order valence-electron chi connectivity index (χ1n) is 8.93. The third-order valence-corrected chi connectivity index (χ3v) is 6.82. The van der Waals surface area contributed by atoms with Crippen molar-refractivity contribution >= 4 is 27.4 Å². The Balaban J connectivity index is 1.67. The van der Waals surface area contributed by atoms with Gasteiger partial charge in [-0.25, -0.2) is 8.42 Å². The fraction of sp³-hybridized carbons (Fsp3) is 0.350. The molecule has 0 aromatic heterocycles. The number of ketones is 1. The molecule has 0 spiro atoms. The SMILES string of the molecule is O=C(COCc1cc(S(=O)(=O)N2CCCCC2)ccc1Cl)c1ccccc1. The quantitative estimate of drug-likeness (QED) is 0.652. The minimum absolute atomic E-state index is 0.0702. The molecule has 1 heterocycles. The van der Waals surface area contributed by atoms with E-state index in [1.54, 1.807) is 36.4 Å². The van der Waals surface area contributed by atoms with Crippen molar-refractivity contribution < 1.29 is 17.9 Å². The van der Waals surface area contributed by atoms with E-state index in [1.165, 1.54) is 10.4 Å². The van der Waals surface area contributed by atoms with E-state index >= 15 is 0 Å². The summed E-state index contributed by atoms with van der Waals surface area (Å²) in [7, 11) is -3.53. The molecule has 3 rings (SSSR count). The van der Waals surface area contributed by atoms with Gasteiger partial charge < -0.3 is 4.74 Å². The summed E-state index contributed by atoms with van der Waals surface area (Å²) in [5, 5.41) is 0.416. The van der Waals surface area contributed by atoms with E-state index in [2.05, 4.69) is 0 Å². The summed E-state index contributed by atoms with van der Waals surface area (Å²) < 4.78 is 32.6. The third kappa shape index (κ3) is 4.96. The van der Waals surface area contributed by atoms with Crippen LogP contribution in [0.2, 0.25) is 5.02 Å². The Morgan fingerprint density at radius 2 is 1.74 bits per heavy atom. The second-order valence-electron chi connectivity index (χ2n) is 6.50. The number of piperidine rings is 1. The highest BCUT2D eigenvalue weighted by atomic mass is 35.5. The van der Waals surface area contributed by atoms with E-state index in [-0.39, 0.29) is 23.9 Å². The predicted octanol–water partition coefficient (Wildman–Crippen LogP) is 3.91. The maximum atomic E-state index is 12.8. The molecular weight excluding hydrogens is 386 g/mol. The van der Waals surface area contributed by atoms with Crippen LogP contribution in [-0.4, -0.2) is 38.2 Å². The van der Waals surface area contributed by atoms with Crippen LogP contribution in [0.4, 0.5) is 0 Å². The van der Waals surface area contributed by atoms with Crippen molar-refractivity contribution in [2.45, 2.75) is 30.8 Å². The van der Waals surface area contributed by atoms with Crippen LogP contribution in [0.25, 0.3) is 0 Å². The molecule has 1 fully saturated rings. The number of carbonyl (C=O) groups excluding carboxylic acids is 1. The maximum absolute atomic E-state index is 12.8. The van der Waals surface area contributed by atoms with Crippen LogP contribution in [0, 0.1) is 0 Å². The molecule has 0 N–H and O–H groups in total. The van der Waals surface area contributed by atoms with Crippen LogP contribution in [0.1, 0.15) is 35.2 Å². The molecule has 1 aliphatic rings. The highest BCUT2D eigenvalue weighted by Crippen LogP contribution is 2.25. The topological polar surface area (TPSA) is 63.7 Å². The first-order chi connectivity index (χ1) is 13.0. The standard InChI is InChI=1S/C20H22ClNO4S/c21-19-10-9-18(27(24,25)22-11-5-2-6-12-22)13-17(19)14-26-15-20(23)16-7-3-1-4-8-16/h1,3-4,7-10,13H,2,5-6,11-12,14-15H2. The van der Waals surface area contributed by atoms with Gasteiger partial charge in [0, 0.05) is 23.7 Å².